The first kappa shape index (κ1) is 17.7. The number of hydrogen-bond acceptors (Lipinski definition) is 4. The van der Waals surface area contributed by atoms with Crippen molar-refractivity contribution in [2.45, 2.75) is 64.0 Å². The summed E-state index contributed by atoms with van der Waals surface area (Å²) in [5.74, 6) is 0.871. The minimum absolute atomic E-state index is 0.176. The molecule has 0 saturated carbocycles. The molecule has 3 aliphatic rings. The monoisotopic (exact) mass is 323 g/mol. The summed E-state index contributed by atoms with van der Waals surface area (Å²) >= 11 is 0. The van der Waals surface area contributed by atoms with E-state index < -0.39 is 0 Å². The van der Waals surface area contributed by atoms with Gasteiger partial charge in [-0.15, -0.1) is 0 Å². The molecule has 2 atom stereocenters. The van der Waals surface area contributed by atoms with E-state index in [4.69, 9.17) is 0 Å². The van der Waals surface area contributed by atoms with Gasteiger partial charge in [-0.3, -0.25) is 4.90 Å². The van der Waals surface area contributed by atoms with Gasteiger partial charge in [-0.2, -0.15) is 0 Å². The second-order valence-corrected chi connectivity index (χ2v) is 8.29. The summed E-state index contributed by atoms with van der Waals surface area (Å²) < 4.78 is 0. The maximum atomic E-state index is 10.6. The Hall–Kier alpha value is -0.160. The van der Waals surface area contributed by atoms with Crippen LogP contribution in [0.1, 0.15) is 51.9 Å². The number of likely N-dealkylation sites (tertiary alicyclic amines) is 3. The van der Waals surface area contributed by atoms with E-state index in [-0.39, 0.29) is 6.10 Å². The van der Waals surface area contributed by atoms with Crippen LogP contribution < -0.4 is 0 Å². The molecule has 0 amide bonds. The van der Waals surface area contributed by atoms with Gasteiger partial charge in [0.15, 0.2) is 0 Å². The highest BCUT2D eigenvalue weighted by Crippen LogP contribution is 2.21. The lowest BCUT2D eigenvalue weighted by atomic mass is 9.99. The number of aliphatic hydroxyl groups is 1. The fourth-order valence-corrected chi connectivity index (χ4v) is 4.65. The van der Waals surface area contributed by atoms with Crippen LogP contribution in [0.4, 0.5) is 0 Å². The normalized spacial score (nSPS) is 30.8. The highest BCUT2D eigenvalue weighted by atomic mass is 16.3. The van der Waals surface area contributed by atoms with Crippen LogP contribution in [0.2, 0.25) is 0 Å². The van der Waals surface area contributed by atoms with E-state index in [1.54, 1.807) is 0 Å². The van der Waals surface area contributed by atoms with Crippen molar-refractivity contribution >= 4 is 0 Å². The molecule has 134 valence electrons. The zero-order chi connectivity index (χ0) is 16.1. The number of aliphatic hydroxyl groups excluding tert-OH is 1. The van der Waals surface area contributed by atoms with Gasteiger partial charge in [0.2, 0.25) is 0 Å². The molecule has 0 aromatic rings. The van der Waals surface area contributed by atoms with Crippen LogP contribution in [0.3, 0.4) is 0 Å². The van der Waals surface area contributed by atoms with Crippen LogP contribution in [-0.4, -0.2) is 84.3 Å². The van der Waals surface area contributed by atoms with Gasteiger partial charge in [0.1, 0.15) is 0 Å². The molecule has 0 bridgehead atoms. The Morgan fingerprint density at radius 3 is 2.30 bits per heavy atom. The van der Waals surface area contributed by atoms with Crippen LogP contribution in [-0.2, 0) is 0 Å². The molecule has 0 aliphatic carbocycles. The third-order valence-electron chi connectivity index (χ3n) is 6.21. The predicted octanol–water partition coefficient (Wildman–Crippen LogP) is 2.03. The Labute approximate surface area is 142 Å². The van der Waals surface area contributed by atoms with E-state index in [2.05, 4.69) is 21.6 Å². The molecule has 0 radical (unpaired) electrons. The molecule has 3 rings (SSSR count). The summed E-state index contributed by atoms with van der Waals surface area (Å²) in [5.41, 5.74) is 0. The van der Waals surface area contributed by atoms with E-state index >= 15 is 0 Å². The largest absolute Gasteiger partial charge is 0.390 e. The summed E-state index contributed by atoms with van der Waals surface area (Å²) in [6.45, 7) is 11.5. The molecule has 23 heavy (non-hydrogen) atoms. The van der Waals surface area contributed by atoms with Gasteiger partial charge in [-0.25, -0.2) is 0 Å². The van der Waals surface area contributed by atoms with Crippen LogP contribution in [0.15, 0.2) is 0 Å². The lowest BCUT2D eigenvalue weighted by Gasteiger charge is -2.35. The maximum absolute atomic E-state index is 10.6. The van der Waals surface area contributed by atoms with E-state index in [9.17, 15) is 5.11 Å². The molecule has 3 heterocycles. The first-order valence-corrected chi connectivity index (χ1v) is 10.1. The van der Waals surface area contributed by atoms with Gasteiger partial charge in [-0.1, -0.05) is 13.3 Å². The van der Waals surface area contributed by atoms with E-state index in [0.29, 0.717) is 6.04 Å². The lowest BCUT2D eigenvalue weighted by Crippen LogP contribution is -2.47. The van der Waals surface area contributed by atoms with Crippen molar-refractivity contribution in [2.75, 3.05) is 52.4 Å². The van der Waals surface area contributed by atoms with E-state index in [1.165, 1.54) is 84.2 Å². The quantitative estimate of drug-likeness (QED) is 0.810. The zero-order valence-corrected chi connectivity index (χ0v) is 15.1. The Morgan fingerprint density at radius 2 is 1.57 bits per heavy atom. The van der Waals surface area contributed by atoms with Gasteiger partial charge in [0.05, 0.1) is 6.10 Å². The van der Waals surface area contributed by atoms with Crippen molar-refractivity contribution in [1.29, 1.82) is 0 Å². The average molecular weight is 324 g/mol. The summed E-state index contributed by atoms with van der Waals surface area (Å²) in [4.78, 5) is 7.71. The molecule has 1 N–H and O–H groups in total. The number of nitrogens with zero attached hydrogens (tertiary/aromatic N) is 3. The van der Waals surface area contributed by atoms with Gasteiger partial charge >= 0.3 is 0 Å². The number of piperidine rings is 2. The van der Waals surface area contributed by atoms with Gasteiger partial charge < -0.3 is 14.9 Å². The molecule has 3 fully saturated rings. The fraction of sp³-hybridized carbons (Fsp3) is 1.00. The second-order valence-electron chi connectivity index (χ2n) is 8.29. The van der Waals surface area contributed by atoms with E-state index in [1.807, 2.05) is 0 Å². The molecule has 0 aromatic heterocycles. The van der Waals surface area contributed by atoms with Gasteiger partial charge in [0.25, 0.3) is 0 Å². The standard InChI is InChI=1S/C19H37N3O/c1-17-7-12-21(13-8-17)15-19(23)16-22-11-5-6-18(22)14-20-9-3-2-4-10-20/h17-19,23H,2-16H2,1H3. The first-order valence-electron chi connectivity index (χ1n) is 10.1. The van der Waals surface area contributed by atoms with Crippen LogP contribution >= 0.6 is 0 Å². The maximum Gasteiger partial charge on any atom is 0.0793 e. The smallest absolute Gasteiger partial charge is 0.0793 e. The number of β-amino-alcohol motifs (C(OH)–C–C–N with tert-alkyl or cyclic N) is 1. The first-order chi connectivity index (χ1) is 11.2. The fourth-order valence-electron chi connectivity index (χ4n) is 4.65. The molecule has 0 aromatic carbocycles. The van der Waals surface area contributed by atoms with Crippen molar-refractivity contribution in [3.05, 3.63) is 0 Å². The molecule has 2 unspecified atom stereocenters. The van der Waals surface area contributed by atoms with Crippen molar-refractivity contribution < 1.29 is 5.11 Å². The van der Waals surface area contributed by atoms with Crippen molar-refractivity contribution in [1.82, 2.24) is 14.7 Å². The van der Waals surface area contributed by atoms with E-state index in [0.717, 1.165) is 19.0 Å². The average Bonchev–Trinajstić information content (AvgIpc) is 2.97. The minimum atomic E-state index is -0.176. The predicted molar refractivity (Wildman–Crippen MR) is 95.7 cm³/mol. The summed E-state index contributed by atoms with van der Waals surface area (Å²) in [6.07, 6.45) is 9.23. The topological polar surface area (TPSA) is 30.0 Å². The lowest BCUT2D eigenvalue weighted by molar-refractivity contribution is 0.0508. The molecule has 4 nitrogen and oxygen atoms in total. The summed E-state index contributed by atoms with van der Waals surface area (Å²) in [6, 6.07) is 0.684. The number of rotatable bonds is 6. The molecule has 3 aliphatic heterocycles. The van der Waals surface area contributed by atoms with Crippen LogP contribution in [0.5, 0.6) is 0 Å². The third-order valence-corrected chi connectivity index (χ3v) is 6.21. The molecular formula is C19H37N3O. The van der Waals surface area contributed by atoms with Crippen molar-refractivity contribution in [3.8, 4) is 0 Å². The van der Waals surface area contributed by atoms with Crippen LogP contribution in [0.25, 0.3) is 0 Å². The Kier molecular flexibility index (Phi) is 6.75. The second kappa shape index (κ2) is 8.80. The van der Waals surface area contributed by atoms with Gasteiger partial charge in [-0.05, 0) is 77.2 Å². The molecule has 4 heteroatoms. The summed E-state index contributed by atoms with van der Waals surface area (Å²) in [5, 5.41) is 10.6. The van der Waals surface area contributed by atoms with Gasteiger partial charge in [0, 0.05) is 25.7 Å². The molecule has 3 saturated heterocycles. The third kappa shape index (κ3) is 5.42. The molecular weight excluding hydrogens is 286 g/mol. The summed E-state index contributed by atoms with van der Waals surface area (Å²) in [7, 11) is 0. The minimum Gasteiger partial charge on any atom is -0.390 e. The zero-order valence-electron chi connectivity index (χ0n) is 15.1. The number of hydrogen-bond donors (Lipinski definition) is 1. The Morgan fingerprint density at radius 1 is 0.826 bits per heavy atom. The Bertz CT molecular complexity index is 338. The van der Waals surface area contributed by atoms with Crippen molar-refractivity contribution in [3.63, 3.8) is 0 Å². The van der Waals surface area contributed by atoms with Crippen LogP contribution in [0, 0.1) is 5.92 Å². The Balaban J connectivity index is 1.40. The highest BCUT2D eigenvalue weighted by Gasteiger charge is 2.29. The highest BCUT2D eigenvalue weighted by molar-refractivity contribution is 4.85. The molecule has 0 spiro atoms. The van der Waals surface area contributed by atoms with Crippen molar-refractivity contribution in [2.24, 2.45) is 5.92 Å². The SMILES string of the molecule is CC1CCN(CC(O)CN2CCCC2CN2CCCCC2)CC1.